The summed E-state index contributed by atoms with van der Waals surface area (Å²) in [6.07, 6.45) is -5.91. The van der Waals surface area contributed by atoms with Gasteiger partial charge in [0.05, 0.1) is 6.61 Å². The van der Waals surface area contributed by atoms with Gasteiger partial charge in [-0.3, -0.25) is 0 Å². The zero-order chi connectivity index (χ0) is 7.61. The van der Waals surface area contributed by atoms with E-state index in [4.69, 9.17) is 0 Å². The smallest absolute Gasteiger partial charge is 0.360 e. The van der Waals surface area contributed by atoms with Crippen molar-refractivity contribution in [2.45, 2.75) is 12.3 Å². The monoisotopic (exact) mass is 154 g/mol. The van der Waals surface area contributed by atoms with E-state index in [0.29, 0.717) is 6.54 Å². The summed E-state index contributed by atoms with van der Waals surface area (Å²) in [4.78, 5) is 0. The van der Waals surface area contributed by atoms with Crippen LogP contribution in [-0.4, -0.2) is 25.4 Å². The third-order valence-corrected chi connectivity index (χ3v) is 1.18. The Balaban J connectivity index is 2.39. The Labute approximate surface area is 56.4 Å². The van der Waals surface area contributed by atoms with Crippen LogP contribution in [0.15, 0.2) is 0 Å². The van der Waals surface area contributed by atoms with Crippen molar-refractivity contribution in [3.05, 3.63) is 6.61 Å². The molecule has 0 aromatic heterocycles. The number of halogens is 3. The first-order valence-corrected chi connectivity index (χ1v) is 2.85. The number of morpholine rings is 1. The van der Waals surface area contributed by atoms with Gasteiger partial charge in [0.15, 0.2) is 6.10 Å². The van der Waals surface area contributed by atoms with Crippen molar-refractivity contribution in [1.29, 1.82) is 0 Å². The van der Waals surface area contributed by atoms with Crippen LogP contribution >= 0.6 is 0 Å². The Morgan fingerprint density at radius 1 is 1.50 bits per heavy atom. The van der Waals surface area contributed by atoms with Crippen LogP contribution in [0.1, 0.15) is 0 Å². The second-order valence-electron chi connectivity index (χ2n) is 1.99. The largest absolute Gasteiger partial charge is 0.415 e. The Morgan fingerprint density at radius 3 is 2.50 bits per heavy atom. The first-order valence-electron chi connectivity index (χ1n) is 2.85. The number of ether oxygens (including phenoxy) is 1. The molecule has 10 heavy (non-hydrogen) atoms. The fraction of sp³-hybridized carbons (Fsp3) is 0.800. The molecule has 1 heterocycles. The normalized spacial score (nSPS) is 28.5. The highest BCUT2D eigenvalue weighted by atomic mass is 19.4. The molecule has 0 aromatic carbocycles. The first kappa shape index (κ1) is 7.81. The summed E-state index contributed by atoms with van der Waals surface area (Å²) in [6, 6.07) is 0. The standard InChI is InChI=1S/C5H7F3NO/c6-5(7,8)4-3-9-1-2-10-4/h2,4,9H,1,3H2. The van der Waals surface area contributed by atoms with Crippen molar-refractivity contribution >= 4 is 0 Å². The van der Waals surface area contributed by atoms with Crippen LogP contribution in [0.3, 0.4) is 0 Å². The zero-order valence-corrected chi connectivity index (χ0v) is 5.11. The lowest BCUT2D eigenvalue weighted by atomic mass is 10.3. The van der Waals surface area contributed by atoms with Crippen molar-refractivity contribution in [3.8, 4) is 0 Å². The quantitative estimate of drug-likeness (QED) is 0.554. The Morgan fingerprint density at radius 2 is 2.20 bits per heavy atom. The molecule has 0 saturated carbocycles. The molecule has 1 N–H and O–H groups in total. The topological polar surface area (TPSA) is 21.3 Å². The zero-order valence-electron chi connectivity index (χ0n) is 5.11. The number of hydrogen-bond donors (Lipinski definition) is 1. The van der Waals surface area contributed by atoms with Crippen molar-refractivity contribution in [3.63, 3.8) is 0 Å². The van der Waals surface area contributed by atoms with E-state index >= 15 is 0 Å². The molecule has 1 fully saturated rings. The molecule has 2 nitrogen and oxygen atoms in total. The van der Waals surface area contributed by atoms with Crippen LogP contribution in [0.2, 0.25) is 0 Å². The van der Waals surface area contributed by atoms with Gasteiger partial charge in [0.1, 0.15) is 0 Å². The maximum absolute atomic E-state index is 11.8. The van der Waals surface area contributed by atoms with Gasteiger partial charge in [0, 0.05) is 13.1 Å². The van der Waals surface area contributed by atoms with Gasteiger partial charge in [-0.05, 0) is 0 Å². The molecular formula is C5H7F3NO. The number of alkyl halides is 3. The van der Waals surface area contributed by atoms with Crippen molar-refractivity contribution in [2.75, 3.05) is 13.1 Å². The molecule has 0 spiro atoms. The molecule has 1 aliphatic heterocycles. The van der Waals surface area contributed by atoms with Crippen LogP contribution in [0, 0.1) is 6.61 Å². The summed E-state index contributed by atoms with van der Waals surface area (Å²) in [5, 5.41) is 2.54. The molecule has 59 valence electrons. The minimum Gasteiger partial charge on any atom is -0.360 e. The third kappa shape index (κ3) is 1.85. The lowest BCUT2D eigenvalue weighted by Gasteiger charge is -2.24. The van der Waals surface area contributed by atoms with Gasteiger partial charge in [0.2, 0.25) is 0 Å². The second kappa shape index (κ2) is 2.75. The van der Waals surface area contributed by atoms with E-state index in [9.17, 15) is 13.2 Å². The fourth-order valence-electron chi connectivity index (χ4n) is 0.679. The number of rotatable bonds is 0. The van der Waals surface area contributed by atoms with Gasteiger partial charge < -0.3 is 10.1 Å². The van der Waals surface area contributed by atoms with Crippen LogP contribution in [-0.2, 0) is 4.74 Å². The van der Waals surface area contributed by atoms with Crippen LogP contribution < -0.4 is 5.32 Å². The van der Waals surface area contributed by atoms with Gasteiger partial charge in [0.25, 0.3) is 0 Å². The van der Waals surface area contributed by atoms with E-state index in [1.807, 2.05) is 0 Å². The van der Waals surface area contributed by atoms with Crippen molar-refractivity contribution in [1.82, 2.24) is 5.32 Å². The maximum atomic E-state index is 11.8. The summed E-state index contributed by atoms with van der Waals surface area (Å²) >= 11 is 0. The van der Waals surface area contributed by atoms with Crippen LogP contribution in [0.25, 0.3) is 0 Å². The van der Waals surface area contributed by atoms with E-state index in [1.54, 1.807) is 0 Å². The highest BCUT2D eigenvalue weighted by molar-refractivity contribution is 4.77. The second-order valence-corrected chi connectivity index (χ2v) is 1.99. The molecule has 0 amide bonds. The molecule has 1 saturated heterocycles. The summed E-state index contributed by atoms with van der Waals surface area (Å²) in [7, 11) is 0. The van der Waals surface area contributed by atoms with E-state index in [0.717, 1.165) is 6.61 Å². The average molecular weight is 154 g/mol. The minimum absolute atomic E-state index is 0.153. The summed E-state index contributed by atoms with van der Waals surface area (Å²) in [5.41, 5.74) is 0. The van der Waals surface area contributed by atoms with Crippen LogP contribution in [0.5, 0.6) is 0 Å². The van der Waals surface area contributed by atoms with Crippen molar-refractivity contribution < 1.29 is 17.9 Å². The molecule has 0 aliphatic carbocycles. The predicted molar refractivity (Wildman–Crippen MR) is 28.1 cm³/mol. The first-order chi connectivity index (χ1) is 4.61. The molecular weight excluding hydrogens is 147 g/mol. The summed E-state index contributed by atoms with van der Waals surface area (Å²) in [6.45, 7) is 1.36. The Bertz CT molecular complexity index is 108. The molecule has 1 rings (SSSR count). The predicted octanol–water partition coefficient (Wildman–Crippen LogP) is 0.699. The molecule has 1 radical (unpaired) electrons. The lowest BCUT2D eigenvalue weighted by molar-refractivity contribution is -0.214. The van der Waals surface area contributed by atoms with Gasteiger partial charge in [-0.1, -0.05) is 0 Å². The molecule has 5 heteroatoms. The third-order valence-electron chi connectivity index (χ3n) is 1.18. The van der Waals surface area contributed by atoms with E-state index in [1.165, 1.54) is 0 Å². The molecule has 0 aromatic rings. The molecule has 1 atom stereocenters. The number of hydrogen-bond acceptors (Lipinski definition) is 2. The number of nitrogens with one attached hydrogen (secondary N) is 1. The molecule has 1 unspecified atom stereocenters. The SMILES string of the molecule is FC(F)(F)C1CNC[CH]O1. The Kier molecular flexibility index (Phi) is 2.15. The molecule has 0 bridgehead atoms. The van der Waals surface area contributed by atoms with E-state index < -0.39 is 12.3 Å². The minimum atomic E-state index is -4.25. The van der Waals surface area contributed by atoms with Gasteiger partial charge >= 0.3 is 6.18 Å². The van der Waals surface area contributed by atoms with E-state index in [2.05, 4.69) is 10.1 Å². The summed E-state index contributed by atoms with van der Waals surface area (Å²) in [5.74, 6) is 0. The van der Waals surface area contributed by atoms with Crippen LogP contribution in [0.4, 0.5) is 13.2 Å². The van der Waals surface area contributed by atoms with Gasteiger partial charge in [-0.25, -0.2) is 0 Å². The summed E-state index contributed by atoms with van der Waals surface area (Å²) < 4.78 is 39.6. The van der Waals surface area contributed by atoms with Gasteiger partial charge in [-0.2, -0.15) is 13.2 Å². The fourth-order valence-corrected chi connectivity index (χ4v) is 0.679. The van der Waals surface area contributed by atoms with E-state index in [-0.39, 0.29) is 6.54 Å². The van der Waals surface area contributed by atoms with Gasteiger partial charge in [-0.15, -0.1) is 0 Å². The average Bonchev–Trinajstić information content (AvgIpc) is 1.88. The lowest BCUT2D eigenvalue weighted by Crippen LogP contribution is -2.44. The highest BCUT2D eigenvalue weighted by Gasteiger charge is 2.41. The van der Waals surface area contributed by atoms with Crippen molar-refractivity contribution in [2.24, 2.45) is 0 Å². The molecule has 1 aliphatic rings. The highest BCUT2D eigenvalue weighted by Crippen LogP contribution is 2.23. The maximum Gasteiger partial charge on any atom is 0.415 e. The Hall–Kier alpha value is -0.290.